The molecule has 12 heavy (non-hydrogen) atoms. The van der Waals surface area contributed by atoms with Crippen molar-refractivity contribution in [1.29, 1.82) is 0 Å². The van der Waals surface area contributed by atoms with Crippen LogP contribution in [0.2, 0.25) is 0 Å². The van der Waals surface area contributed by atoms with Crippen molar-refractivity contribution in [3.8, 4) is 0 Å². The minimum atomic E-state index is 0.877. The van der Waals surface area contributed by atoms with Crippen LogP contribution in [0.1, 0.15) is 46.0 Å². The first-order valence-electron chi connectivity index (χ1n) is 5.73. The lowest BCUT2D eigenvalue weighted by molar-refractivity contribution is -0.0189. The fraction of sp³-hybridized carbons (Fsp3) is 1.00. The predicted octanol–water partition coefficient (Wildman–Crippen LogP) is 3.22. The molecule has 0 N–H and O–H groups in total. The predicted molar refractivity (Wildman–Crippen MR) is 48.7 cm³/mol. The highest BCUT2D eigenvalue weighted by Crippen LogP contribution is 3.08. The molecule has 0 heterocycles. The lowest BCUT2D eigenvalue weighted by Crippen LogP contribution is -2.43. The van der Waals surface area contributed by atoms with Gasteiger partial charge in [0.05, 0.1) is 0 Å². The molecule has 0 aromatic heterocycles. The SMILES string of the molecule is CC[C@H]1CC2CC[C@]34CC3(C)C214. The molecular weight excluding hydrogens is 144 g/mol. The zero-order chi connectivity index (χ0) is 8.19. The summed E-state index contributed by atoms with van der Waals surface area (Å²) < 4.78 is 0. The second kappa shape index (κ2) is 1.31. The van der Waals surface area contributed by atoms with Gasteiger partial charge in [0, 0.05) is 0 Å². The summed E-state index contributed by atoms with van der Waals surface area (Å²) in [6.45, 7) is 4.99. The van der Waals surface area contributed by atoms with Crippen molar-refractivity contribution in [1.82, 2.24) is 0 Å². The third-order valence-corrected chi connectivity index (χ3v) is 6.50. The molecule has 4 aliphatic rings. The maximum atomic E-state index is 2.58. The van der Waals surface area contributed by atoms with Crippen LogP contribution in [0, 0.1) is 28.1 Å². The first kappa shape index (κ1) is 6.45. The largest absolute Gasteiger partial charge is 0.0651 e. The summed E-state index contributed by atoms with van der Waals surface area (Å²) in [5, 5.41) is 0. The molecule has 0 radical (unpaired) electrons. The molecule has 0 amide bonds. The smallest absolute Gasteiger partial charge is 0.0119 e. The Labute approximate surface area is 74.7 Å². The minimum absolute atomic E-state index is 0.877. The van der Waals surface area contributed by atoms with E-state index < -0.39 is 0 Å². The van der Waals surface area contributed by atoms with Gasteiger partial charge in [-0.3, -0.25) is 0 Å². The van der Waals surface area contributed by atoms with E-state index in [4.69, 9.17) is 0 Å². The average Bonchev–Trinajstić information content (AvgIpc) is 2.66. The van der Waals surface area contributed by atoms with Crippen LogP contribution in [0.15, 0.2) is 0 Å². The van der Waals surface area contributed by atoms with Gasteiger partial charge in [-0.05, 0) is 53.8 Å². The lowest BCUT2D eigenvalue weighted by atomic mass is 9.54. The van der Waals surface area contributed by atoms with Gasteiger partial charge >= 0.3 is 0 Å². The van der Waals surface area contributed by atoms with E-state index in [1.165, 1.54) is 12.3 Å². The molecule has 2 spiro atoms. The number of rotatable bonds is 1. The van der Waals surface area contributed by atoms with Crippen LogP contribution in [-0.4, -0.2) is 0 Å². The van der Waals surface area contributed by atoms with Gasteiger partial charge < -0.3 is 0 Å². The van der Waals surface area contributed by atoms with E-state index in [0.717, 1.165) is 22.2 Å². The zero-order valence-corrected chi connectivity index (χ0v) is 8.19. The first-order chi connectivity index (χ1) is 5.73. The third kappa shape index (κ3) is 0.288. The normalized spacial score (nSPS) is 75.5. The topological polar surface area (TPSA) is 0 Å². The van der Waals surface area contributed by atoms with Gasteiger partial charge in [0.1, 0.15) is 0 Å². The van der Waals surface area contributed by atoms with Crippen molar-refractivity contribution in [3.63, 3.8) is 0 Å². The fourth-order valence-corrected chi connectivity index (χ4v) is 6.16. The summed E-state index contributed by atoms with van der Waals surface area (Å²) in [7, 11) is 0. The van der Waals surface area contributed by atoms with Gasteiger partial charge in [-0.15, -0.1) is 0 Å². The molecule has 0 aliphatic heterocycles. The Morgan fingerprint density at radius 2 is 2.25 bits per heavy atom. The highest BCUT2D eigenvalue weighted by molar-refractivity contribution is 5.50. The van der Waals surface area contributed by atoms with Gasteiger partial charge in [0.25, 0.3) is 0 Å². The van der Waals surface area contributed by atoms with Crippen LogP contribution in [0.4, 0.5) is 0 Å². The third-order valence-electron chi connectivity index (χ3n) is 6.50. The van der Waals surface area contributed by atoms with Crippen LogP contribution in [0.3, 0.4) is 0 Å². The van der Waals surface area contributed by atoms with Crippen LogP contribution in [0.5, 0.6) is 0 Å². The molecule has 4 fully saturated rings. The fourth-order valence-electron chi connectivity index (χ4n) is 6.16. The summed E-state index contributed by atoms with van der Waals surface area (Å²) in [5.41, 5.74) is 2.75. The molecule has 0 aromatic carbocycles. The Hall–Kier alpha value is 0. The Bertz CT molecular complexity index is 282. The first-order valence-corrected chi connectivity index (χ1v) is 5.73. The summed E-state index contributed by atoms with van der Waals surface area (Å²) in [6.07, 6.45) is 7.85. The number of hydrogen-bond donors (Lipinski definition) is 0. The van der Waals surface area contributed by atoms with E-state index in [2.05, 4.69) is 13.8 Å². The molecule has 4 saturated carbocycles. The molecule has 4 aliphatic carbocycles. The molecule has 0 bridgehead atoms. The standard InChI is InChI=1S/C12H18/c1-3-8-6-9-4-5-11-7-10(11,2)12(8,9)11/h8-9H,3-7H2,1-2H3/t8-,9?,10?,11-,12?/m0/s1. The van der Waals surface area contributed by atoms with Gasteiger partial charge in [0.2, 0.25) is 0 Å². The maximum absolute atomic E-state index is 2.58. The van der Waals surface area contributed by atoms with Gasteiger partial charge in [-0.2, -0.15) is 0 Å². The molecule has 4 rings (SSSR count). The van der Waals surface area contributed by atoms with Crippen LogP contribution in [0.25, 0.3) is 0 Å². The minimum Gasteiger partial charge on any atom is -0.0651 e. The Morgan fingerprint density at radius 1 is 1.42 bits per heavy atom. The molecule has 5 atom stereocenters. The second-order valence-corrected chi connectivity index (χ2v) is 6.04. The van der Waals surface area contributed by atoms with E-state index >= 15 is 0 Å². The summed E-state index contributed by atoms with van der Waals surface area (Å²) >= 11 is 0. The maximum Gasteiger partial charge on any atom is -0.0119 e. The molecule has 0 heteroatoms. The van der Waals surface area contributed by atoms with Crippen molar-refractivity contribution < 1.29 is 0 Å². The molecule has 0 saturated heterocycles. The van der Waals surface area contributed by atoms with Crippen molar-refractivity contribution in [2.75, 3.05) is 0 Å². The zero-order valence-electron chi connectivity index (χ0n) is 8.19. The van der Waals surface area contributed by atoms with E-state index in [9.17, 15) is 0 Å². The van der Waals surface area contributed by atoms with Gasteiger partial charge in [-0.25, -0.2) is 0 Å². The molecule has 0 nitrogen and oxygen atoms in total. The second-order valence-electron chi connectivity index (χ2n) is 6.04. The Morgan fingerprint density at radius 3 is 2.75 bits per heavy atom. The highest BCUT2D eigenvalue weighted by Gasteiger charge is 3.02. The lowest BCUT2D eigenvalue weighted by Gasteiger charge is -2.50. The van der Waals surface area contributed by atoms with Crippen LogP contribution in [-0.2, 0) is 0 Å². The summed E-state index contributed by atoms with van der Waals surface area (Å²) in [6, 6.07) is 0. The molecule has 66 valence electrons. The van der Waals surface area contributed by atoms with E-state index in [1.807, 2.05) is 0 Å². The van der Waals surface area contributed by atoms with Crippen molar-refractivity contribution in [3.05, 3.63) is 0 Å². The van der Waals surface area contributed by atoms with E-state index in [1.54, 1.807) is 25.7 Å². The van der Waals surface area contributed by atoms with Gasteiger partial charge in [0.15, 0.2) is 0 Å². The monoisotopic (exact) mass is 162 g/mol. The van der Waals surface area contributed by atoms with Crippen molar-refractivity contribution in [2.24, 2.45) is 28.1 Å². The van der Waals surface area contributed by atoms with Crippen LogP contribution < -0.4 is 0 Å². The molecular formula is C12H18. The summed E-state index contributed by atoms with van der Waals surface area (Å²) in [5.74, 6) is 2.32. The Balaban J connectivity index is 1.81. The summed E-state index contributed by atoms with van der Waals surface area (Å²) in [4.78, 5) is 0. The molecule has 3 unspecified atom stereocenters. The highest BCUT2D eigenvalue weighted by atomic mass is 15.1. The Kier molecular flexibility index (Phi) is 0.703. The quantitative estimate of drug-likeness (QED) is 0.555. The van der Waals surface area contributed by atoms with Crippen LogP contribution >= 0.6 is 0 Å². The van der Waals surface area contributed by atoms with E-state index in [-0.39, 0.29) is 0 Å². The van der Waals surface area contributed by atoms with Crippen molar-refractivity contribution in [2.45, 2.75) is 46.0 Å². The van der Waals surface area contributed by atoms with E-state index in [0.29, 0.717) is 0 Å². The molecule has 0 aromatic rings. The van der Waals surface area contributed by atoms with Gasteiger partial charge in [-0.1, -0.05) is 20.3 Å². The number of hydrogen-bond acceptors (Lipinski definition) is 0. The average molecular weight is 162 g/mol. The van der Waals surface area contributed by atoms with Crippen molar-refractivity contribution >= 4 is 0 Å².